The molecular weight excluding hydrogens is 469 g/mol. The molecule has 0 aliphatic carbocycles. The van der Waals surface area contributed by atoms with Crippen LogP contribution in [-0.4, -0.2) is 31.8 Å². The summed E-state index contributed by atoms with van der Waals surface area (Å²) in [6.07, 6.45) is 0.515. The van der Waals surface area contributed by atoms with Gasteiger partial charge in [0.2, 0.25) is 15.8 Å². The molecule has 0 unspecified atom stereocenters. The maximum Gasteiger partial charge on any atom is 0.374 e. The molecule has 0 aliphatic rings. The zero-order valence-electron chi connectivity index (χ0n) is 19.5. The Morgan fingerprint density at radius 3 is 2.40 bits per heavy atom. The quantitative estimate of drug-likeness (QED) is 0.287. The number of carbonyl (C=O) groups excluding carboxylic acids is 1. The molecule has 0 aliphatic heterocycles. The first-order valence-electron chi connectivity index (χ1n) is 11.3. The number of hydrogen-bond donors (Lipinski definition) is 0. The van der Waals surface area contributed by atoms with E-state index in [1.807, 2.05) is 30.3 Å². The number of carbonyl (C=O) groups is 1. The standard InChI is InChI=1S/C27H26FNO5S/c1-3-33-27(30)26-19(2)24-17-23(13-14-25(24)34-26)35(31,32)29(16-15-20-7-5-4-6-8-20)18-21-9-11-22(28)12-10-21/h4-14,17H,3,15-16,18H2,1-2H3. The fourth-order valence-electron chi connectivity index (χ4n) is 3.88. The number of halogens is 1. The molecule has 0 amide bonds. The van der Waals surface area contributed by atoms with Gasteiger partial charge in [0.25, 0.3) is 0 Å². The first kappa shape index (κ1) is 24.6. The van der Waals surface area contributed by atoms with Crippen molar-refractivity contribution in [1.82, 2.24) is 4.31 Å². The Hall–Kier alpha value is -3.49. The van der Waals surface area contributed by atoms with Gasteiger partial charge in [0.15, 0.2) is 0 Å². The average molecular weight is 496 g/mol. The van der Waals surface area contributed by atoms with Crippen molar-refractivity contribution in [3.05, 3.63) is 101 Å². The third kappa shape index (κ3) is 5.44. The van der Waals surface area contributed by atoms with E-state index in [9.17, 15) is 17.6 Å². The summed E-state index contributed by atoms with van der Waals surface area (Å²) < 4.78 is 53.0. The van der Waals surface area contributed by atoms with Gasteiger partial charge in [-0.25, -0.2) is 17.6 Å². The van der Waals surface area contributed by atoms with Crippen molar-refractivity contribution in [3.8, 4) is 0 Å². The third-order valence-electron chi connectivity index (χ3n) is 5.77. The van der Waals surface area contributed by atoms with Gasteiger partial charge >= 0.3 is 5.97 Å². The normalized spacial score (nSPS) is 11.8. The van der Waals surface area contributed by atoms with Crippen LogP contribution in [0.5, 0.6) is 0 Å². The van der Waals surface area contributed by atoms with Gasteiger partial charge in [0.05, 0.1) is 11.5 Å². The van der Waals surface area contributed by atoms with Crippen molar-refractivity contribution < 1.29 is 26.8 Å². The lowest BCUT2D eigenvalue weighted by Gasteiger charge is -2.22. The number of rotatable bonds is 9. The van der Waals surface area contributed by atoms with Gasteiger partial charge in [-0.2, -0.15) is 4.31 Å². The second-order valence-electron chi connectivity index (χ2n) is 8.14. The molecule has 1 aromatic heterocycles. The fraction of sp³-hybridized carbons (Fsp3) is 0.222. The topological polar surface area (TPSA) is 76.8 Å². The Balaban J connectivity index is 1.69. The summed E-state index contributed by atoms with van der Waals surface area (Å²) in [4.78, 5) is 12.3. The molecule has 0 bridgehead atoms. The molecule has 4 aromatic rings. The first-order valence-corrected chi connectivity index (χ1v) is 12.7. The number of aryl methyl sites for hydroxylation is 1. The minimum Gasteiger partial charge on any atom is -0.460 e. The molecule has 0 N–H and O–H groups in total. The Kier molecular flexibility index (Phi) is 7.33. The van der Waals surface area contributed by atoms with Crippen LogP contribution in [0.15, 0.2) is 82.1 Å². The minimum atomic E-state index is -3.93. The van der Waals surface area contributed by atoms with Crippen LogP contribution in [0, 0.1) is 12.7 Å². The number of sulfonamides is 1. The summed E-state index contributed by atoms with van der Waals surface area (Å²) in [6, 6.07) is 19.9. The van der Waals surface area contributed by atoms with Gasteiger partial charge in [0.1, 0.15) is 11.4 Å². The SMILES string of the molecule is CCOC(=O)c1oc2ccc(S(=O)(=O)N(CCc3ccccc3)Cc3ccc(F)cc3)cc2c1C. The molecular formula is C27H26FNO5S. The number of benzene rings is 3. The molecule has 182 valence electrons. The van der Waals surface area contributed by atoms with Gasteiger partial charge < -0.3 is 9.15 Å². The number of ether oxygens (including phenoxy) is 1. The second-order valence-corrected chi connectivity index (χ2v) is 10.1. The van der Waals surface area contributed by atoms with Crippen LogP contribution in [0.3, 0.4) is 0 Å². The van der Waals surface area contributed by atoms with Gasteiger partial charge in [0, 0.05) is 24.0 Å². The Morgan fingerprint density at radius 1 is 1.00 bits per heavy atom. The third-order valence-corrected chi connectivity index (χ3v) is 7.61. The average Bonchev–Trinajstić information content (AvgIpc) is 3.19. The molecule has 6 nitrogen and oxygen atoms in total. The van der Waals surface area contributed by atoms with Crippen molar-refractivity contribution in [3.63, 3.8) is 0 Å². The molecule has 1 heterocycles. The van der Waals surface area contributed by atoms with E-state index in [2.05, 4.69) is 0 Å². The summed E-state index contributed by atoms with van der Waals surface area (Å²) in [5.74, 6) is -0.916. The summed E-state index contributed by atoms with van der Waals surface area (Å²) in [5, 5.41) is 0.527. The van der Waals surface area contributed by atoms with E-state index < -0.39 is 16.0 Å². The lowest BCUT2D eigenvalue weighted by molar-refractivity contribution is 0.0491. The fourth-order valence-corrected chi connectivity index (χ4v) is 5.33. The minimum absolute atomic E-state index is 0.0589. The number of nitrogens with zero attached hydrogens (tertiary/aromatic N) is 1. The summed E-state index contributed by atoms with van der Waals surface area (Å²) >= 11 is 0. The zero-order valence-corrected chi connectivity index (χ0v) is 20.3. The highest BCUT2D eigenvalue weighted by atomic mass is 32.2. The molecule has 8 heteroatoms. The monoisotopic (exact) mass is 495 g/mol. The van der Waals surface area contributed by atoms with Crippen LogP contribution < -0.4 is 0 Å². The predicted octanol–water partition coefficient (Wildman–Crippen LogP) is 5.49. The molecule has 3 aromatic carbocycles. The van der Waals surface area contributed by atoms with Gasteiger partial charge in [-0.05, 0) is 61.7 Å². The van der Waals surface area contributed by atoms with Crippen molar-refractivity contribution in [2.45, 2.75) is 31.7 Å². The van der Waals surface area contributed by atoms with Crippen LogP contribution in [0.4, 0.5) is 4.39 Å². The maximum atomic E-state index is 13.8. The van der Waals surface area contributed by atoms with Gasteiger partial charge in [-0.1, -0.05) is 42.5 Å². The number of hydrogen-bond acceptors (Lipinski definition) is 5. The highest BCUT2D eigenvalue weighted by molar-refractivity contribution is 7.89. The van der Waals surface area contributed by atoms with Crippen molar-refractivity contribution in [1.29, 1.82) is 0 Å². The van der Waals surface area contributed by atoms with E-state index in [0.717, 1.165) is 5.56 Å². The predicted molar refractivity (Wildman–Crippen MR) is 131 cm³/mol. The summed E-state index contributed by atoms with van der Waals surface area (Å²) in [6.45, 7) is 3.92. The van der Waals surface area contributed by atoms with Crippen LogP contribution in [0.2, 0.25) is 0 Å². The largest absolute Gasteiger partial charge is 0.460 e. The van der Waals surface area contributed by atoms with Crippen molar-refractivity contribution in [2.75, 3.05) is 13.2 Å². The van der Waals surface area contributed by atoms with Gasteiger partial charge in [-0.15, -0.1) is 0 Å². The molecule has 0 atom stereocenters. The van der Waals surface area contributed by atoms with Crippen LogP contribution >= 0.6 is 0 Å². The van der Waals surface area contributed by atoms with E-state index in [-0.39, 0.29) is 36.2 Å². The van der Waals surface area contributed by atoms with E-state index in [1.165, 1.54) is 28.6 Å². The molecule has 0 saturated carbocycles. The van der Waals surface area contributed by atoms with Crippen LogP contribution in [0.1, 0.15) is 34.2 Å². The Morgan fingerprint density at radius 2 is 1.71 bits per heavy atom. The molecule has 0 saturated heterocycles. The van der Waals surface area contributed by atoms with E-state index in [4.69, 9.17) is 9.15 Å². The van der Waals surface area contributed by atoms with Crippen LogP contribution in [-0.2, 0) is 27.7 Å². The number of furan rings is 1. The van der Waals surface area contributed by atoms with Gasteiger partial charge in [-0.3, -0.25) is 0 Å². The van der Waals surface area contributed by atoms with Crippen molar-refractivity contribution >= 4 is 27.0 Å². The lowest BCUT2D eigenvalue weighted by Crippen LogP contribution is -2.32. The number of fused-ring (bicyclic) bond motifs is 1. The molecule has 4 rings (SSSR count). The Labute approximate surface area is 204 Å². The smallest absolute Gasteiger partial charge is 0.374 e. The summed E-state index contributed by atoms with van der Waals surface area (Å²) in [5.41, 5.74) is 2.60. The zero-order chi connectivity index (χ0) is 25.0. The highest BCUT2D eigenvalue weighted by Crippen LogP contribution is 2.30. The Bertz CT molecular complexity index is 1430. The molecule has 0 fully saturated rings. The summed E-state index contributed by atoms with van der Waals surface area (Å²) in [7, 11) is -3.93. The van der Waals surface area contributed by atoms with Crippen molar-refractivity contribution in [2.24, 2.45) is 0 Å². The molecule has 35 heavy (non-hydrogen) atoms. The lowest BCUT2D eigenvalue weighted by atomic mass is 10.1. The van der Waals surface area contributed by atoms with E-state index in [1.54, 1.807) is 32.0 Å². The molecule has 0 radical (unpaired) electrons. The van der Waals surface area contributed by atoms with Crippen LogP contribution in [0.25, 0.3) is 11.0 Å². The van der Waals surface area contributed by atoms with E-state index in [0.29, 0.717) is 28.5 Å². The first-order chi connectivity index (χ1) is 16.8. The highest BCUT2D eigenvalue weighted by Gasteiger charge is 2.27. The number of esters is 1. The second kappa shape index (κ2) is 10.4. The maximum absolute atomic E-state index is 13.8. The molecule has 0 spiro atoms. The van der Waals surface area contributed by atoms with E-state index >= 15 is 0 Å².